The first-order valence-electron chi connectivity index (χ1n) is 6.45. The molecule has 0 saturated heterocycles. The van der Waals surface area contributed by atoms with Crippen LogP contribution in [0.25, 0.3) is 0 Å². The zero-order valence-corrected chi connectivity index (χ0v) is 12.0. The largest absolute Gasteiger partial charge is 0.496 e. The minimum absolute atomic E-state index is 0.218. The molecule has 2 aromatic rings. The maximum absolute atomic E-state index is 12.2. The number of hydrazone groups is 1. The number of carbonyl (C=O) groups excluding carboxylic acids is 1. The van der Waals surface area contributed by atoms with Gasteiger partial charge in [0.25, 0.3) is 5.91 Å². The van der Waals surface area contributed by atoms with Crippen LogP contribution in [0.4, 0.5) is 5.69 Å². The molecule has 0 spiro atoms. The van der Waals surface area contributed by atoms with Gasteiger partial charge in [-0.3, -0.25) is 4.79 Å². The lowest BCUT2D eigenvalue weighted by Gasteiger charge is -2.09. The molecule has 0 fully saturated rings. The molecule has 0 atom stereocenters. The van der Waals surface area contributed by atoms with Crippen LogP contribution in [0.15, 0.2) is 53.6 Å². The van der Waals surface area contributed by atoms with E-state index in [1.165, 1.54) is 7.11 Å². The summed E-state index contributed by atoms with van der Waals surface area (Å²) in [5.41, 5.74) is 2.83. The van der Waals surface area contributed by atoms with E-state index in [2.05, 4.69) is 10.4 Å². The van der Waals surface area contributed by atoms with Crippen molar-refractivity contribution in [3.05, 3.63) is 59.7 Å². The number of hydrogen-bond acceptors (Lipinski definition) is 4. The fourth-order valence-electron chi connectivity index (χ4n) is 1.90. The molecule has 2 aromatic carbocycles. The number of methoxy groups -OCH3 is 1. The second kappa shape index (κ2) is 6.56. The summed E-state index contributed by atoms with van der Waals surface area (Å²) < 4.78 is 5.18. The first kappa shape index (κ1) is 14.6. The SMILES string of the molecule is COc1ccccc1C(=O)Nc1ccc(C(C)=NN)cc1. The molecule has 3 N–H and O–H groups in total. The zero-order valence-electron chi connectivity index (χ0n) is 12.0. The Labute approximate surface area is 123 Å². The molecule has 0 aliphatic heterocycles. The Bertz CT molecular complexity index is 663. The van der Waals surface area contributed by atoms with Crippen molar-refractivity contribution in [3.8, 4) is 5.75 Å². The highest BCUT2D eigenvalue weighted by atomic mass is 16.5. The average Bonchev–Trinajstić information content (AvgIpc) is 2.54. The van der Waals surface area contributed by atoms with Crippen LogP contribution >= 0.6 is 0 Å². The lowest BCUT2D eigenvalue weighted by Crippen LogP contribution is -2.13. The Hall–Kier alpha value is -2.82. The lowest BCUT2D eigenvalue weighted by molar-refractivity contribution is 0.102. The number of carbonyl (C=O) groups is 1. The summed E-state index contributed by atoms with van der Waals surface area (Å²) in [5, 5.41) is 6.46. The van der Waals surface area contributed by atoms with Crippen molar-refractivity contribution in [1.29, 1.82) is 0 Å². The summed E-state index contributed by atoms with van der Waals surface area (Å²) in [6, 6.07) is 14.4. The molecule has 0 saturated carbocycles. The topological polar surface area (TPSA) is 76.7 Å². The van der Waals surface area contributed by atoms with E-state index < -0.39 is 0 Å². The van der Waals surface area contributed by atoms with Gasteiger partial charge >= 0.3 is 0 Å². The van der Waals surface area contributed by atoms with E-state index in [-0.39, 0.29) is 5.91 Å². The Morgan fingerprint density at radius 1 is 1.14 bits per heavy atom. The monoisotopic (exact) mass is 283 g/mol. The minimum atomic E-state index is -0.218. The molecular formula is C16H17N3O2. The number of rotatable bonds is 4. The third-order valence-corrected chi connectivity index (χ3v) is 3.11. The molecule has 0 aromatic heterocycles. The van der Waals surface area contributed by atoms with Crippen molar-refractivity contribution in [3.63, 3.8) is 0 Å². The predicted octanol–water partition coefficient (Wildman–Crippen LogP) is 2.63. The third-order valence-electron chi connectivity index (χ3n) is 3.11. The number of para-hydroxylation sites is 1. The van der Waals surface area contributed by atoms with Crippen molar-refractivity contribution < 1.29 is 9.53 Å². The number of hydrogen-bond donors (Lipinski definition) is 2. The van der Waals surface area contributed by atoms with Gasteiger partial charge in [-0.2, -0.15) is 5.10 Å². The summed E-state index contributed by atoms with van der Waals surface area (Å²) in [5.74, 6) is 5.56. The van der Waals surface area contributed by atoms with Gasteiger partial charge in [0.1, 0.15) is 5.75 Å². The molecule has 2 rings (SSSR count). The van der Waals surface area contributed by atoms with E-state index >= 15 is 0 Å². The molecular weight excluding hydrogens is 266 g/mol. The number of anilines is 1. The Morgan fingerprint density at radius 3 is 2.43 bits per heavy atom. The van der Waals surface area contributed by atoms with Gasteiger partial charge in [0.2, 0.25) is 0 Å². The van der Waals surface area contributed by atoms with Gasteiger partial charge in [0, 0.05) is 5.69 Å². The average molecular weight is 283 g/mol. The van der Waals surface area contributed by atoms with Crippen LogP contribution in [-0.2, 0) is 0 Å². The van der Waals surface area contributed by atoms with E-state index in [0.29, 0.717) is 17.0 Å². The molecule has 5 nitrogen and oxygen atoms in total. The van der Waals surface area contributed by atoms with Crippen LogP contribution in [0.1, 0.15) is 22.8 Å². The third kappa shape index (κ3) is 3.39. The van der Waals surface area contributed by atoms with E-state index in [9.17, 15) is 4.79 Å². The number of ether oxygens (including phenoxy) is 1. The summed E-state index contributed by atoms with van der Waals surface area (Å²) in [6.45, 7) is 1.82. The first-order chi connectivity index (χ1) is 10.2. The van der Waals surface area contributed by atoms with E-state index in [1.54, 1.807) is 30.3 Å². The highest BCUT2D eigenvalue weighted by Crippen LogP contribution is 2.19. The van der Waals surface area contributed by atoms with Crippen LogP contribution in [0.5, 0.6) is 5.75 Å². The first-order valence-corrected chi connectivity index (χ1v) is 6.45. The van der Waals surface area contributed by atoms with Crippen LogP contribution in [0.2, 0.25) is 0 Å². The molecule has 0 bridgehead atoms. The standard InChI is InChI=1S/C16H17N3O2/c1-11(19-17)12-7-9-13(10-8-12)18-16(20)14-5-3-4-6-15(14)21-2/h3-10H,17H2,1-2H3,(H,18,20). The minimum Gasteiger partial charge on any atom is -0.496 e. The van der Waals surface area contributed by atoms with Gasteiger partial charge in [-0.05, 0) is 36.8 Å². The Balaban J connectivity index is 2.16. The summed E-state index contributed by atoms with van der Waals surface area (Å²) in [4.78, 5) is 12.2. The number of nitrogens with zero attached hydrogens (tertiary/aromatic N) is 1. The summed E-state index contributed by atoms with van der Waals surface area (Å²) in [6.07, 6.45) is 0. The van der Waals surface area contributed by atoms with Gasteiger partial charge in [-0.1, -0.05) is 24.3 Å². The molecule has 108 valence electrons. The molecule has 5 heteroatoms. The number of benzene rings is 2. The molecule has 1 amide bonds. The van der Waals surface area contributed by atoms with Gasteiger partial charge in [0.05, 0.1) is 18.4 Å². The highest BCUT2D eigenvalue weighted by Gasteiger charge is 2.11. The number of nitrogens with two attached hydrogens (primary N) is 1. The maximum Gasteiger partial charge on any atom is 0.259 e. The Morgan fingerprint density at radius 2 is 1.81 bits per heavy atom. The highest BCUT2D eigenvalue weighted by molar-refractivity contribution is 6.06. The molecule has 0 unspecified atom stereocenters. The van der Waals surface area contributed by atoms with E-state index in [0.717, 1.165) is 11.3 Å². The lowest BCUT2D eigenvalue weighted by atomic mass is 10.1. The van der Waals surface area contributed by atoms with Gasteiger partial charge in [-0.25, -0.2) is 0 Å². The molecule has 0 aliphatic rings. The predicted molar refractivity (Wildman–Crippen MR) is 83.8 cm³/mol. The van der Waals surface area contributed by atoms with Crippen LogP contribution in [0, 0.1) is 0 Å². The molecule has 0 radical (unpaired) electrons. The van der Waals surface area contributed by atoms with E-state index in [1.807, 2.05) is 25.1 Å². The zero-order chi connectivity index (χ0) is 15.2. The van der Waals surface area contributed by atoms with Crippen LogP contribution in [0.3, 0.4) is 0 Å². The van der Waals surface area contributed by atoms with Gasteiger partial charge in [0.15, 0.2) is 0 Å². The second-order valence-corrected chi connectivity index (χ2v) is 4.45. The fourth-order valence-corrected chi connectivity index (χ4v) is 1.90. The second-order valence-electron chi connectivity index (χ2n) is 4.45. The smallest absolute Gasteiger partial charge is 0.259 e. The van der Waals surface area contributed by atoms with Gasteiger partial charge < -0.3 is 15.9 Å². The van der Waals surface area contributed by atoms with Crippen molar-refractivity contribution in [2.24, 2.45) is 10.9 Å². The quantitative estimate of drug-likeness (QED) is 0.514. The van der Waals surface area contributed by atoms with Crippen LogP contribution < -0.4 is 15.9 Å². The molecule has 0 aliphatic carbocycles. The van der Waals surface area contributed by atoms with Gasteiger partial charge in [-0.15, -0.1) is 0 Å². The number of nitrogens with one attached hydrogen (secondary N) is 1. The van der Waals surface area contributed by atoms with Crippen LogP contribution in [-0.4, -0.2) is 18.7 Å². The van der Waals surface area contributed by atoms with Crippen molar-refractivity contribution in [2.75, 3.05) is 12.4 Å². The van der Waals surface area contributed by atoms with Crippen molar-refractivity contribution >= 4 is 17.3 Å². The summed E-state index contributed by atoms with van der Waals surface area (Å²) >= 11 is 0. The van der Waals surface area contributed by atoms with Crippen molar-refractivity contribution in [1.82, 2.24) is 0 Å². The molecule has 21 heavy (non-hydrogen) atoms. The summed E-state index contributed by atoms with van der Waals surface area (Å²) in [7, 11) is 1.54. The molecule has 0 heterocycles. The fraction of sp³-hybridized carbons (Fsp3) is 0.125. The maximum atomic E-state index is 12.2. The van der Waals surface area contributed by atoms with E-state index in [4.69, 9.17) is 10.6 Å². The Kier molecular flexibility index (Phi) is 4.56. The van der Waals surface area contributed by atoms with Crippen molar-refractivity contribution in [2.45, 2.75) is 6.92 Å². The number of amides is 1. The normalized spacial score (nSPS) is 11.0.